The third-order valence-electron chi connectivity index (χ3n) is 4.60. The molecule has 146 valence electrons. The van der Waals surface area contributed by atoms with Crippen LogP contribution in [0.15, 0.2) is 0 Å². The molecule has 0 radical (unpaired) electrons. The third-order valence-corrected chi connectivity index (χ3v) is 5.95. The molecule has 8 nitrogen and oxygen atoms in total. The molecule has 0 aliphatic carbocycles. The highest BCUT2D eigenvalue weighted by Crippen LogP contribution is 2.39. The van der Waals surface area contributed by atoms with Gasteiger partial charge in [0.1, 0.15) is 11.8 Å². The Morgan fingerprint density at radius 1 is 1.35 bits per heavy atom. The second-order valence-corrected chi connectivity index (χ2v) is 9.86. The number of amides is 4. The maximum atomic E-state index is 13.0. The summed E-state index contributed by atoms with van der Waals surface area (Å²) in [5, 5.41) is 4.02. The fourth-order valence-corrected chi connectivity index (χ4v) is 5.12. The molecule has 26 heavy (non-hydrogen) atoms. The standard InChI is InChI=1S/C17H29N5O3S/c1-10(2)8-20-14(24)13-11(6-7-26-13)22-15(20)19-21(16(22)25)9-12(23)18-17(3,4)5/h10-11,13,15,19H,6-9H2,1-5H3,(H,18,23). The minimum Gasteiger partial charge on any atom is -0.350 e. The average molecular weight is 384 g/mol. The number of carbonyl (C=O) groups excluding carboxylic acids is 3. The van der Waals surface area contributed by atoms with Crippen molar-refractivity contribution in [1.82, 2.24) is 25.6 Å². The van der Waals surface area contributed by atoms with E-state index in [9.17, 15) is 14.4 Å². The van der Waals surface area contributed by atoms with E-state index in [2.05, 4.69) is 24.6 Å². The summed E-state index contributed by atoms with van der Waals surface area (Å²) < 4.78 is 0. The molecule has 0 saturated carbocycles. The normalized spacial score (nSPS) is 28.7. The summed E-state index contributed by atoms with van der Waals surface area (Å²) in [6.07, 6.45) is 0.308. The molecule has 0 aromatic heterocycles. The fraction of sp³-hybridized carbons (Fsp3) is 0.824. The van der Waals surface area contributed by atoms with Crippen LogP contribution in [0.3, 0.4) is 0 Å². The van der Waals surface area contributed by atoms with Crippen LogP contribution in [0, 0.1) is 5.92 Å². The van der Waals surface area contributed by atoms with Crippen LogP contribution >= 0.6 is 11.8 Å². The van der Waals surface area contributed by atoms with Crippen molar-refractivity contribution in [3.63, 3.8) is 0 Å². The van der Waals surface area contributed by atoms with Gasteiger partial charge in [0.15, 0.2) is 6.29 Å². The zero-order chi connectivity index (χ0) is 19.2. The summed E-state index contributed by atoms with van der Waals surface area (Å²) in [6.45, 7) is 10.3. The third kappa shape index (κ3) is 3.64. The topological polar surface area (TPSA) is 85.0 Å². The second-order valence-electron chi connectivity index (χ2n) is 8.61. The number of hydrogen-bond donors (Lipinski definition) is 2. The predicted molar refractivity (Wildman–Crippen MR) is 100.0 cm³/mol. The summed E-state index contributed by atoms with van der Waals surface area (Å²) >= 11 is 1.63. The number of fused-ring (bicyclic) bond motifs is 3. The van der Waals surface area contributed by atoms with E-state index in [1.165, 1.54) is 5.01 Å². The summed E-state index contributed by atoms with van der Waals surface area (Å²) in [6, 6.07) is -0.325. The summed E-state index contributed by atoms with van der Waals surface area (Å²) in [5.41, 5.74) is 2.74. The molecular weight excluding hydrogens is 354 g/mol. The average Bonchev–Trinajstić information content (AvgIpc) is 3.07. The molecule has 3 heterocycles. The highest BCUT2D eigenvalue weighted by molar-refractivity contribution is 8.00. The lowest BCUT2D eigenvalue weighted by Gasteiger charge is -2.44. The number of hydrogen-bond acceptors (Lipinski definition) is 5. The number of thioether (sulfide) groups is 1. The van der Waals surface area contributed by atoms with Crippen LogP contribution in [0.25, 0.3) is 0 Å². The molecule has 0 aromatic rings. The van der Waals surface area contributed by atoms with Gasteiger partial charge in [0, 0.05) is 12.1 Å². The highest BCUT2D eigenvalue weighted by atomic mass is 32.2. The van der Waals surface area contributed by atoms with Gasteiger partial charge in [-0.15, -0.1) is 11.8 Å². The van der Waals surface area contributed by atoms with Crippen LogP contribution in [0.1, 0.15) is 41.0 Å². The Hall–Kier alpha value is -1.48. The van der Waals surface area contributed by atoms with Gasteiger partial charge in [-0.3, -0.25) is 14.5 Å². The van der Waals surface area contributed by atoms with Gasteiger partial charge >= 0.3 is 6.03 Å². The Kier molecular flexibility index (Phi) is 5.13. The van der Waals surface area contributed by atoms with Crippen molar-refractivity contribution < 1.29 is 14.4 Å². The fourth-order valence-electron chi connectivity index (χ4n) is 3.72. The van der Waals surface area contributed by atoms with E-state index in [4.69, 9.17) is 0 Å². The van der Waals surface area contributed by atoms with Crippen LogP contribution in [0.2, 0.25) is 0 Å². The van der Waals surface area contributed by atoms with Crippen molar-refractivity contribution in [2.75, 3.05) is 18.8 Å². The van der Waals surface area contributed by atoms with Crippen molar-refractivity contribution in [3.8, 4) is 0 Å². The Morgan fingerprint density at radius 3 is 2.65 bits per heavy atom. The van der Waals surface area contributed by atoms with Crippen molar-refractivity contribution >= 4 is 29.6 Å². The molecule has 0 spiro atoms. The number of urea groups is 1. The van der Waals surface area contributed by atoms with Gasteiger partial charge in [-0.25, -0.2) is 9.80 Å². The zero-order valence-corrected chi connectivity index (χ0v) is 16.9. The minimum atomic E-state index is -0.500. The van der Waals surface area contributed by atoms with Crippen LogP contribution in [-0.2, 0) is 9.59 Å². The molecule has 3 aliphatic heterocycles. The van der Waals surface area contributed by atoms with E-state index in [0.29, 0.717) is 12.5 Å². The largest absolute Gasteiger partial charge is 0.350 e. The first-order valence-corrected chi connectivity index (χ1v) is 10.2. The molecule has 3 saturated heterocycles. The molecule has 0 aromatic carbocycles. The molecule has 3 aliphatic rings. The smallest absolute Gasteiger partial charge is 0.337 e. The molecule has 9 heteroatoms. The monoisotopic (exact) mass is 383 g/mol. The van der Waals surface area contributed by atoms with Crippen LogP contribution in [0.5, 0.6) is 0 Å². The van der Waals surface area contributed by atoms with E-state index < -0.39 is 6.29 Å². The SMILES string of the molecule is CC(C)CN1C(=O)C2SCCC2N2C(=O)N(CC(=O)NC(C)(C)C)NC12. The van der Waals surface area contributed by atoms with Crippen molar-refractivity contribution in [2.45, 2.75) is 64.2 Å². The van der Waals surface area contributed by atoms with E-state index in [1.807, 2.05) is 20.8 Å². The Morgan fingerprint density at radius 2 is 2.04 bits per heavy atom. The van der Waals surface area contributed by atoms with Crippen molar-refractivity contribution in [1.29, 1.82) is 0 Å². The molecular formula is C17H29N5O3S. The molecule has 3 fully saturated rings. The number of hydrazine groups is 1. The lowest BCUT2D eigenvalue weighted by atomic mass is 10.0. The van der Waals surface area contributed by atoms with E-state index >= 15 is 0 Å². The zero-order valence-electron chi connectivity index (χ0n) is 16.1. The van der Waals surface area contributed by atoms with Gasteiger partial charge in [0.2, 0.25) is 11.8 Å². The lowest BCUT2D eigenvalue weighted by Crippen LogP contribution is -2.66. The van der Waals surface area contributed by atoms with Gasteiger partial charge < -0.3 is 10.2 Å². The Bertz CT molecular complexity index is 606. The predicted octanol–water partition coefficient (Wildman–Crippen LogP) is 0.799. The van der Waals surface area contributed by atoms with Gasteiger partial charge in [-0.1, -0.05) is 13.8 Å². The van der Waals surface area contributed by atoms with E-state index in [1.54, 1.807) is 21.6 Å². The molecule has 3 atom stereocenters. The van der Waals surface area contributed by atoms with Gasteiger partial charge in [-0.05, 0) is 38.9 Å². The van der Waals surface area contributed by atoms with Crippen LogP contribution in [0.4, 0.5) is 4.79 Å². The second kappa shape index (κ2) is 6.92. The molecule has 3 unspecified atom stereocenters. The number of carbonyl (C=O) groups is 3. The van der Waals surface area contributed by atoms with Gasteiger partial charge in [0.25, 0.3) is 0 Å². The summed E-state index contributed by atoms with van der Waals surface area (Å²) in [5.74, 6) is 1.03. The Balaban J connectivity index is 1.79. The quantitative estimate of drug-likeness (QED) is 0.750. The Labute approximate surface area is 159 Å². The number of nitrogens with one attached hydrogen (secondary N) is 2. The molecule has 3 rings (SSSR count). The maximum absolute atomic E-state index is 13.0. The molecule has 0 bridgehead atoms. The highest BCUT2D eigenvalue weighted by Gasteiger charge is 2.56. The van der Waals surface area contributed by atoms with Gasteiger partial charge in [0.05, 0.1) is 6.04 Å². The van der Waals surface area contributed by atoms with Crippen LogP contribution < -0.4 is 10.7 Å². The number of rotatable bonds is 4. The number of nitrogens with zero attached hydrogens (tertiary/aromatic N) is 3. The van der Waals surface area contributed by atoms with Crippen molar-refractivity contribution in [3.05, 3.63) is 0 Å². The first-order valence-electron chi connectivity index (χ1n) is 9.17. The maximum Gasteiger partial charge on any atom is 0.337 e. The van der Waals surface area contributed by atoms with E-state index in [0.717, 1.165) is 12.2 Å². The van der Waals surface area contributed by atoms with Gasteiger partial charge in [-0.2, -0.15) is 5.43 Å². The van der Waals surface area contributed by atoms with Crippen molar-refractivity contribution in [2.24, 2.45) is 5.92 Å². The summed E-state index contributed by atoms with van der Waals surface area (Å²) in [4.78, 5) is 41.7. The van der Waals surface area contributed by atoms with E-state index in [-0.39, 0.29) is 41.2 Å². The summed E-state index contributed by atoms with van der Waals surface area (Å²) in [7, 11) is 0. The lowest BCUT2D eigenvalue weighted by molar-refractivity contribution is -0.145. The minimum absolute atomic E-state index is 0.0721. The first-order chi connectivity index (χ1) is 12.1. The molecule has 2 N–H and O–H groups in total. The first kappa shape index (κ1) is 19.3. The van der Waals surface area contributed by atoms with Crippen LogP contribution in [-0.4, -0.2) is 74.6 Å². The molecule has 4 amide bonds.